The average molecular weight is 392 g/mol. The molecule has 1 atom stereocenters. The van der Waals surface area contributed by atoms with Crippen molar-refractivity contribution in [3.8, 4) is 5.75 Å². The Labute approximate surface area is 131 Å². The molecule has 2 rings (SSSR count). The van der Waals surface area contributed by atoms with Crippen LogP contribution in [0.1, 0.15) is 31.4 Å². The molecule has 1 aliphatic rings. The topological polar surface area (TPSA) is 35.5 Å². The number of piperazine rings is 1. The quantitative estimate of drug-likeness (QED) is 0.821. The van der Waals surface area contributed by atoms with Crippen LogP contribution in [0, 0.1) is 0 Å². The van der Waals surface area contributed by atoms with Crippen molar-refractivity contribution < 1.29 is 5.11 Å². The standard InChI is InChI=1S/C14H20Br2N2O/c1-2-3-13(18-6-4-17-5-7-18)11-8-10(15)9-12(16)14(11)19/h8-9,13,17,19H,2-7H2,1H3/t13-/m0/s1. The number of nitrogens with one attached hydrogen (secondary N) is 1. The summed E-state index contributed by atoms with van der Waals surface area (Å²) in [5.41, 5.74) is 1.02. The van der Waals surface area contributed by atoms with Gasteiger partial charge in [-0.2, -0.15) is 0 Å². The van der Waals surface area contributed by atoms with Gasteiger partial charge in [0.25, 0.3) is 0 Å². The predicted octanol–water partition coefficient (Wildman–Crippen LogP) is 3.66. The Morgan fingerprint density at radius 3 is 2.63 bits per heavy atom. The molecule has 0 aliphatic carbocycles. The van der Waals surface area contributed by atoms with E-state index in [2.05, 4.69) is 49.0 Å². The minimum absolute atomic E-state index is 0.292. The lowest BCUT2D eigenvalue weighted by Gasteiger charge is -2.35. The molecule has 1 saturated heterocycles. The number of halogens is 2. The van der Waals surface area contributed by atoms with Gasteiger partial charge < -0.3 is 10.4 Å². The first kappa shape index (κ1) is 15.3. The molecule has 0 spiro atoms. The maximum atomic E-state index is 10.3. The van der Waals surface area contributed by atoms with Gasteiger partial charge >= 0.3 is 0 Å². The molecular weight excluding hydrogens is 372 g/mol. The second kappa shape index (κ2) is 7.07. The number of hydrogen-bond donors (Lipinski definition) is 2. The number of nitrogens with zero attached hydrogens (tertiary/aromatic N) is 1. The largest absolute Gasteiger partial charge is 0.506 e. The first-order chi connectivity index (χ1) is 9.13. The van der Waals surface area contributed by atoms with Crippen LogP contribution < -0.4 is 5.32 Å². The third-order valence-electron chi connectivity index (χ3n) is 3.57. The van der Waals surface area contributed by atoms with E-state index in [0.717, 1.165) is 53.5 Å². The molecule has 0 aromatic heterocycles. The van der Waals surface area contributed by atoms with E-state index in [9.17, 15) is 5.11 Å². The monoisotopic (exact) mass is 390 g/mol. The van der Waals surface area contributed by atoms with Crippen molar-refractivity contribution in [2.24, 2.45) is 0 Å². The molecule has 1 aromatic rings. The summed E-state index contributed by atoms with van der Waals surface area (Å²) in [6.45, 7) is 6.31. The van der Waals surface area contributed by atoms with Crippen LogP contribution in [-0.2, 0) is 0 Å². The van der Waals surface area contributed by atoms with Crippen LogP contribution in [-0.4, -0.2) is 36.2 Å². The van der Waals surface area contributed by atoms with Gasteiger partial charge in [-0.15, -0.1) is 0 Å². The normalized spacial score (nSPS) is 18.5. The molecule has 1 aliphatic heterocycles. The number of aromatic hydroxyl groups is 1. The van der Waals surface area contributed by atoms with E-state index in [-0.39, 0.29) is 0 Å². The molecule has 2 N–H and O–H groups in total. The smallest absolute Gasteiger partial charge is 0.134 e. The van der Waals surface area contributed by atoms with Gasteiger partial charge in [-0.3, -0.25) is 4.90 Å². The maximum Gasteiger partial charge on any atom is 0.134 e. The summed E-state index contributed by atoms with van der Waals surface area (Å²) in [6.07, 6.45) is 2.18. The van der Waals surface area contributed by atoms with Crippen molar-refractivity contribution in [2.45, 2.75) is 25.8 Å². The Bertz CT molecular complexity index is 434. The Hall–Kier alpha value is -0.100. The maximum absolute atomic E-state index is 10.3. The van der Waals surface area contributed by atoms with Gasteiger partial charge in [0, 0.05) is 42.3 Å². The van der Waals surface area contributed by atoms with E-state index in [1.165, 1.54) is 0 Å². The number of benzene rings is 1. The van der Waals surface area contributed by atoms with Crippen LogP contribution in [0.4, 0.5) is 0 Å². The molecule has 0 unspecified atom stereocenters. The Balaban J connectivity index is 2.32. The highest BCUT2D eigenvalue weighted by molar-refractivity contribution is 9.11. The zero-order valence-corrected chi connectivity index (χ0v) is 14.3. The van der Waals surface area contributed by atoms with E-state index in [4.69, 9.17) is 0 Å². The Kier molecular flexibility index (Phi) is 5.69. The second-order valence-electron chi connectivity index (χ2n) is 4.92. The van der Waals surface area contributed by atoms with Crippen molar-refractivity contribution in [1.29, 1.82) is 0 Å². The first-order valence-electron chi connectivity index (χ1n) is 6.76. The van der Waals surface area contributed by atoms with Gasteiger partial charge in [-0.05, 0) is 34.5 Å². The summed E-state index contributed by atoms with van der Waals surface area (Å²) >= 11 is 6.95. The molecule has 0 bridgehead atoms. The molecule has 1 aromatic carbocycles. The van der Waals surface area contributed by atoms with Gasteiger partial charge in [0.05, 0.1) is 4.47 Å². The molecule has 0 saturated carbocycles. The van der Waals surface area contributed by atoms with Crippen molar-refractivity contribution in [1.82, 2.24) is 10.2 Å². The molecule has 5 heteroatoms. The number of rotatable bonds is 4. The predicted molar refractivity (Wildman–Crippen MR) is 85.6 cm³/mol. The zero-order chi connectivity index (χ0) is 13.8. The van der Waals surface area contributed by atoms with Gasteiger partial charge in [-0.1, -0.05) is 29.3 Å². The van der Waals surface area contributed by atoms with Crippen molar-refractivity contribution >= 4 is 31.9 Å². The number of phenolic OH excluding ortho intramolecular Hbond substituents is 1. The first-order valence-corrected chi connectivity index (χ1v) is 8.34. The molecule has 1 fully saturated rings. The van der Waals surface area contributed by atoms with E-state index in [1.54, 1.807) is 0 Å². The summed E-state index contributed by atoms with van der Waals surface area (Å²) in [5, 5.41) is 13.7. The lowest BCUT2D eigenvalue weighted by molar-refractivity contribution is 0.162. The fourth-order valence-corrected chi connectivity index (χ4v) is 3.90. The van der Waals surface area contributed by atoms with Crippen LogP contribution in [0.2, 0.25) is 0 Å². The summed E-state index contributed by atoms with van der Waals surface area (Å²) in [6, 6.07) is 4.23. The molecule has 1 heterocycles. The Morgan fingerprint density at radius 2 is 2.00 bits per heavy atom. The van der Waals surface area contributed by atoms with Gasteiger partial charge in [0.2, 0.25) is 0 Å². The minimum atomic E-state index is 0.292. The fourth-order valence-electron chi connectivity index (χ4n) is 2.64. The molecule has 0 amide bonds. The molecule has 19 heavy (non-hydrogen) atoms. The molecule has 3 nitrogen and oxygen atoms in total. The lowest BCUT2D eigenvalue weighted by atomic mass is 9.99. The third-order valence-corrected chi connectivity index (χ3v) is 4.63. The van der Waals surface area contributed by atoms with E-state index in [1.807, 2.05) is 12.1 Å². The highest BCUT2D eigenvalue weighted by Crippen LogP contribution is 2.39. The van der Waals surface area contributed by atoms with Gasteiger partial charge in [-0.25, -0.2) is 0 Å². The number of hydrogen-bond acceptors (Lipinski definition) is 3. The molecular formula is C14H20Br2N2O. The highest BCUT2D eigenvalue weighted by Gasteiger charge is 2.24. The highest BCUT2D eigenvalue weighted by atomic mass is 79.9. The molecule has 106 valence electrons. The van der Waals surface area contributed by atoms with Crippen molar-refractivity contribution in [3.05, 3.63) is 26.6 Å². The number of phenols is 1. The molecule has 0 radical (unpaired) electrons. The minimum Gasteiger partial charge on any atom is -0.506 e. The van der Waals surface area contributed by atoms with E-state index >= 15 is 0 Å². The van der Waals surface area contributed by atoms with E-state index < -0.39 is 0 Å². The Morgan fingerprint density at radius 1 is 1.32 bits per heavy atom. The second-order valence-corrected chi connectivity index (χ2v) is 6.69. The average Bonchev–Trinajstić information content (AvgIpc) is 2.41. The van der Waals surface area contributed by atoms with Crippen molar-refractivity contribution in [2.75, 3.05) is 26.2 Å². The van der Waals surface area contributed by atoms with Crippen LogP contribution in [0.15, 0.2) is 21.1 Å². The summed E-state index contributed by atoms with van der Waals surface area (Å²) in [7, 11) is 0. The van der Waals surface area contributed by atoms with Crippen molar-refractivity contribution in [3.63, 3.8) is 0 Å². The van der Waals surface area contributed by atoms with Crippen LogP contribution in [0.25, 0.3) is 0 Å². The van der Waals surface area contributed by atoms with Crippen LogP contribution in [0.3, 0.4) is 0 Å². The SMILES string of the molecule is CCC[C@@H](c1cc(Br)cc(Br)c1O)N1CCNCC1. The third kappa shape index (κ3) is 3.72. The zero-order valence-electron chi connectivity index (χ0n) is 11.1. The van der Waals surface area contributed by atoms with Crippen LogP contribution >= 0.6 is 31.9 Å². The summed E-state index contributed by atoms with van der Waals surface area (Å²) < 4.78 is 1.76. The fraction of sp³-hybridized carbons (Fsp3) is 0.571. The van der Waals surface area contributed by atoms with E-state index in [0.29, 0.717) is 11.8 Å². The van der Waals surface area contributed by atoms with Crippen LogP contribution in [0.5, 0.6) is 5.75 Å². The van der Waals surface area contributed by atoms with Gasteiger partial charge in [0.15, 0.2) is 0 Å². The summed E-state index contributed by atoms with van der Waals surface area (Å²) in [4.78, 5) is 2.47. The lowest BCUT2D eigenvalue weighted by Crippen LogP contribution is -2.45. The van der Waals surface area contributed by atoms with Gasteiger partial charge in [0.1, 0.15) is 5.75 Å². The summed E-state index contributed by atoms with van der Waals surface area (Å²) in [5.74, 6) is 0.375.